The van der Waals surface area contributed by atoms with Gasteiger partial charge < -0.3 is 11.1 Å². The van der Waals surface area contributed by atoms with Crippen LogP contribution < -0.4 is 11.1 Å². The van der Waals surface area contributed by atoms with Crippen molar-refractivity contribution < 1.29 is 4.39 Å². The van der Waals surface area contributed by atoms with Gasteiger partial charge in [0, 0.05) is 12.6 Å². The van der Waals surface area contributed by atoms with Crippen LogP contribution in [-0.4, -0.2) is 11.5 Å². The molecule has 70 valence electrons. The van der Waals surface area contributed by atoms with Crippen LogP contribution in [-0.2, 0) is 0 Å². The van der Waals surface area contributed by atoms with Gasteiger partial charge in [-0.25, -0.2) is 9.37 Å². The Hall–Kier alpha value is -1.58. The van der Waals surface area contributed by atoms with Crippen molar-refractivity contribution in [3.8, 4) is 0 Å². The van der Waals surface area contributed by atoms with Crippen LogP contribution in [0, 0.1) is 5.82 Å². The first kappa shape index (κ1) is 9.51. The third-order valence-corrected chi connectivity index (χ3v) is 1.52. The van der Waals surface area contributed by atoms with Crippen LogP contribution >= 0.6 is 0 Å². The molecule has 4 heteroatoms. The molecule has 0 radical (unpaired) electrons. The molecular formula is C9H12FN3. The van der Waals surface area contributed by atoms with Gasteiger partial charge in [-0.2, -0.15) is 0 Å². The van der Waals surface area contributed by atoms with Gasteiger partial charge in [-0.1, -0.05) is 6.08 Å². The predicted molar refractivity (Wildman–Crippen MR) is 51.9 cm³/mol. The quantitative estimate of drug-likeness (QED) is 0.550. The van der Waals surface area contributed by atoms with Crippen LogP contribution in [0.5, 0.6) is 0 Å². The maximum Gasteiger partial charge on any atom is 0.149 e. The fourth-order valence-electron chi connectivity index (χ4n) is 0.895. The van der Waals surface area contributed by atoms with Gasteiger partial charge in [-0.15, -0.1) is 6.58 Å². The van der Waals surface area contributed by atoms with Crippen molar-refractivity contribution in [1.82, 2.24) is 4.98 Å². The number of pyridine rings is 1. The molecule has 0 spiro atoms. The van der Waals surface area contributed by atoms with Gasteiger partial charge in [-0.05, 0) is 6.42 Å². The molecule has 3 nitrogen and oxygen atoms in total. The fourth-order valence-corrected chi connectivity index (χ4v) is 0.895. The topological polar surface area (TPSA) is 50.9 Å². The molecule has 0 aromatic carbocycles. The van der Waals surface area contributed by atoms with Crippen LogP contribution in [0.25, 0.3) is 0 Å². The van der Waals surface area contributed by atoms with E-state index >= 15 is 0 Å². The van der Waals surface area contributed by atoms with Crippen LogP contribution in [0.4, 0.5) is 15.9 Å². The van der Waals surface area contributed by atoms with Crippen molar-refractivity contribution in [2.24, 2.45) is 0 Å². The number of nitrogens with one attached hydrogen (secondary N) is 1. The molecule has 0 saturated heterocycles. The third kappa shape index (κ3) is 2.74. The molecule has 0 unspecified atom stereocenters. The number of anilines is 2. The molecule has 1 aromatic rings. The van der Waals surface area contributed by atoms with Crippen molar-refractivity contribution in [3.63, 3.8) is 0 Å². The fraction of sp³-hybridized carbons (Fsp3) is 0.222. The number of rotatable bonds is 4. The summed E-state index contributed by atoms with van der Waals surface area (Å²) < 4.78 is 12.5. The first-order valence-electron chi connectivity index (χ1n) is 4.00. The molecule has 3 N–H and O–H groups in total. The lowest BCUT2D eigenvalue weighted by molar-refractivity contribution is 0.622. The van der Waals surface area contributed by atoms with Crippen molar-refractivity contribution in [1.29, 1.82) is 0 Å². The van der Waals surface area contributed by atoms with Crippen LogP contribution in [0.1, 0.15) is 6.42 Å². The van der Waals surface area contributed by atoms with E-state index < -0.39 is 5.82 Å². The van der Waals surface area contributed by atoms with E-state index in [2.05, 4.69) is 16.9 Å². The van der Waals surface area contributed by atoms with Gasteiger partial charge in [0.15, 0.2) is 0 Å². The maximum atomic E-state index is 12.5. The predicted octanol–water partition coefficient (Wildman–Crippen LogP) is 1.79. The first-order valence-corrected chi connectivity index (χ1v) is 4.00. The van der Waals surface area contributed by atoms with Gasteiger partial charge >= 0.3 is 0 Å². The summed E-state index contributed by atoms with van der Waals surface area (Å²) in [5.41, 5.74) is 5.84. The summed E-state index contributed by atoms with van der Waals surface area (Å²) >= 11 is 0. The average molecular weight is 181 g/mol. The number of nitrogen functional groups attached to an aromatic ring is 1. The number of nitrogens with zero attached hydrogens (tertiary/aromatic N) is 1. The lowest BCUT2D eigenvalue weighted by atomic mass is 10.3. The molecule has 0 fully saturated rings. The van der Waals surface area contributed by atoms with Crippen molar-refractivity contribution in [2.75, 3.05) is 17.6 Å². The van der Waals surface area contributed by atoms with E-state index in [9.17, 15) is 4.39 Å². The minimum absolute atomic E-state index is 0.323. The van der Waals surface area contributed by atoms with E-state index in [4.69, 9.17) is 5.73 Å². The summed E-state index contributed by atoms with van der Waals surface area (Å²) in [7, 11) is 0. The zero-order valence-corrected chi connectivity index (χ0v) is 7.26. The highest BCUT2D eigenvalue weighted by Crippen LogP contribution is 2.14. The Kier molecular flexibility index (Phi) is 3.25. The van der Waals surface area contributed by atoms with E-state index in [1.165, 1.54) is 6.07 Å². The molecule has 0 aliphatic rings. The lowest BCUT2D eigenvalue weighted by Crippen LogP contribution is -2.05. The molecule has 0 aliphatic heterocycles. The van der Waals surface area contributed by atoms with E-state index in [0.717, 1.165) is 12.6 Å². The molecule has 1 aromatic heterocycles. The van der Waals surface area contributed by atoms with Gasteiger partial charge in [0.1, 0.15) is 11.6 Å². The first-order chi connectivity index (χ1) is 6.24. The van der Waals surface area contributed by atoms with E-state index in [0.29, 0.717) is 18.1 Å². The Labute approximate surface area is 76.5 Å². The van der Waals surface area contributed by atoms with Crippen LogP contribution in [0.2, 0.25) is 0 Å². The maximum absolute atomic E-state index is 12.5. The van der Waals surface area contributed by atoms with E-state index in [1.807, 2.05) is 0 Å². The summed E-state index contributed by atoms with van der Waals surface area (Å²) in [6, 6.07) is 1.24. The molecular weight excluding hydrogens is 169 g/mol. The summed E-state index contributed by atoms with van der Waals surface area (Å²) in [5, 5.41) is 2.97. The molecule has 13 heavy (non-hydrogen) atoms. The summed E-state index contributed by atoms with van der Waals surface area (Å²) in [4.78, 5) is 3.80. The third-order valence-electron chi connectivity index (χ3n) is 1.52. The largest absolute Gasteiger partial charge is 0.396 e. The smallest absolute Gasteiger partial charge is 0.149 e. The number of hydrogen-bond acceptors (Lipinski definition) is 3. The second-order valence-corrected chi connectivity index (χ2v) is 2.60. The molecule has 0 atom stereocenters. The summed E-state index contributed by atoms with van der Waals surface area (Å²) in [5.74, 6) is 0.0926. The monoisotopic (exact) mass is 181 g/mol. The van der Waals surface area contributed by atoms with Crippen molar-refractivity contribution in [2.45, 2.75) is 6.42 Å². The highest BCUT2D eigenvalue weighted by atomic mass is 19.1. The Morgan fingerprint density at radius 2 is 2.46 bits per heavy atom. The Morgan fingerprint density at radius 1 is 1.69 bits per heavy atom. The van der Waals surface area contributed by atoms with Crippen molar-refractivity contribution >= 4 is 11.5 Å². The number of nitrogens with two attached hydrogens (primary N) is 1. The minimum atomic E-state index is -0.424. The second kappa shape index (κ2) is 4.45. The molecule has 0 aliphatic carbocycles. The van der Waals surface area contributed by atoms with Gasteiger partial charge in [0.25, 0.3) is 0 Å². The molecule has 1 heterocycles. The highest BCUT2D eigenvalue weighted by molar-refractivity contribution is 5.60. The number of hydrogen-bond donors (Lipinski definition) is 2. The van der Waals surface area contributed by atoms with Crippen molar-refractivity contribution in [3.05, 3.63) is 30.7 Å². The van der Waals surface area contributed by atoms with Gasteiger partial charge in [-0.3, -0.25) is 0 Å². The van der Waals surface area contributed by atoms with E-state index in [-0.39, 0.29) is 0 Å². The molecule has 0 saturated carbocycles. The normalized spacial score (nSPS) is 9.62. The Balaban J connectivity index is 2.61. The van der Waals surface area contributed by atoms with Gasteiger partial charge in [0.05, 0.1) is 11.9 Å². The minimum Gasteiger partial charge on any atom is -0.396 e. The standard InChI is InChI=1S/C9H12FN3/c1-2-3-4-12-9-8(11)5-7(10)6-13-9/h2,5-6H,1,3-4,11H2,(H,12,13). The average Bonchev–Trinajstić information content (AvgIpc) is 2.09. The summed E-state index contributed by atoms with van der Waals surface area (Å²) in [6.45, 7) is 4.28. The Morgan fingerprint density at radius 3 is 3.08 bits per heavy atom. The number of aromatic nitrogens is 1. The second-order valence-electron chi connectivity index (χ2n) is 2.60. The van der Waals surface area contributed by atoms with Crippen LogP contribution in [0.3, 0.4) is 0 Å². The van der Waals surface area contributed by atoms with Gasteiger partial charge in [0.2, 0.25) is 0 Å². The highest BCUT2D eigenvalue weighted by Gasteiger charge is 2.00. The molecule has 0 bridgehead atoms. The zero-order chi connectivity index (χ0) is 9.68. The Bertz CT molecular complexity index is 299. The molecule has 0 amide bonds. The SMILES string of the molecule is C=CCCNc1ncc(F)cc1N. The zero-order valence-electron chi connectivity index (χ0n) is 7.26. The summed E-state index contributed by atoms with van der Waals surface area (Å²) in [6.07, 6.45) is 3.73. The van der Waals surface area contributed by atoms with Crippen LogP contribution in [0.15, 0.2) is 24.9 Å². The number of halogens is 1. The lowest BCUT2D eigenvalue weighted by Gasteiger charge is -2.05. The molecule has 1 rings (SSSR count). The van der Waals surface area contributed by atoms with E-state index in [1.54, 1.807) is 6.08 Å².